The summed E-state index contributed by atoms with van der Waals surface area (Å²) in [7, 11) is 0. The molecule has 0 aliphatic carbocycles. The van der Waals surface area contributed by atoms with E-state index < -0.39 is 0 Å². The van der Waals surface area contributed by atoms with E-state index >= 15 is 0 Å². The molecule has 0 N–H and O–H groups in total. The molecule has 0 fully saturated rings. The van der Waals surface area contributed by atoms with Crippen LogP contribution in [-0.4, -0.2) is 0 Å². The average Bonchev–Trinajstić information content (AvgIpc) is 0.693. The lowest BCUT2D eigenvalue weighted by atomic mass is 9.65. The Labute approximate surface area is 552 Å². The third-order valence-electron chi connectivity index (χ3n) is 22.2. The summed E-state index contributed by atoms with van der Waals surface area (Å²) in [6.45, 7) is 19.5. The Kier molecular flexibility index (Phi) is 12.1. The molecule has 0 atom stereocenters. The molecule has 14 aromatic rings. The van der Waals surface area contributed by atoms with Crippen LogP contribution in [0.2, 0.25) is 0 Å². The van der Waals surface area contributed by atoms with Gasteiger partial charge in [0.05, 0.1) is 34.1 Å². The Bertz CT molecular complexity index is 5170. The highest BCUT2D eigenvalue weighted by Crippen LogP contribution is 2.64. The van der Waals surface area contributed by atoms with E-state index in [-0.39, 0.29) is 21.7 Å². The molecule has 2 nitrogen and oxygen atoms in total. The zero-order chi connectivity index (χ0) is 63.6. The van der Waals surface area contributed by atoms with E-state index in [2.05, 4.69) is 356 Å². The molecular formula is C92H72N2. The molecular weight excluding hydrogens is 1130 g/mol. The zero-order valence-corrected chi connectivity index (χ0v) is 54.6. The fourth-order valence-electron chi connectivity index (χ4n) is 16.9. The van der Waals surface area contributed by atoms with Crippen LogP contribution in [0.15, 0.2) is 291 Å². The van der Waals surface area contributed by atoms with Crippen molar-refractivity contribution in [3.63, 3.8) is 0 Å². The van der Waals surface area contributed by atoms with Crippen molar-refractivity contribution in [1.29, 1.82) is 0 Å². The van der Waals surface area contributed by atoms with Crippen molar-refractivity contribution in [3.05, 3.63) is 336 Å². The Morgan fingerprint density at radius 2 is 0.436 bits per heavy atom. The second-order valence-corrected chi connectivity index (χ2v) is 28.9. The molecule has 0 radical (unpaired) electrons. The van der Waals surface area contributed by atoms with Gasteiger partial charge in [-0.05, 0) is 217 Å². The van der Waals surface area contributed by atoms with Crippen LogP contribution in [0, 0.1) is 0 Å². The summed E-state index contributed by atoms with van der Waals surface area (Å²) in [5.41, 5.74) is 34.3. The van der Waals surface area contributed by atoms with Gasteiger partial charge >= 0.3 is 0 Å². The van der Waals surface area contributed by atoms with Crippen LogP contribution in [0.25, 0.3) is 99.4 Å². The van der Waals surface area contributed by atoms with E-state index in [1.54, 1.807) is 0 Å². The molecule has 0 amide bonds. The molecule has 0 saturated carbocycles. The summed E-state index contributed by atoms with van der Waals surface area (Å²) >= 11 is 0. The predicted molar refractivity (Wildman–Crippen MR) is 397 cm³/mol. The van der Waals surface area contributed by atoms with Gasteiger partial charge in [-0.3, -0.25) is 0 Å². The highest BCUT2D eigenvalue weighted by molar-refractivity contribution is 6.02. The maximum atomic E-state index is 2.61. The van der Waals surface area contributed by atoms with Gasteiger partial charge in [0.15, 0.2) is 0 Å². The van der Waals surface area contributed by atoms with Gasteiger partial charge in [-0.2, -0.15) is 0 Å². The summed E-state index contributed by atoms with van der Waals surface area (Å²) in [6, 6.07) is 110. The SMILES string of the molecule is CC1(C)c2cc(-c3ccccc3)ccc2N2c3ccc(-c4ccccc4)cc3C(C)(C)c3cc(-c4ccc(-c5ccc(-c6cc7c8c(c6)C(C)(C)c6cc(-c9cccc%10ccccc9%10)ccc6N8c6ccc(-c8cccc9ccccc89)cc6C7(C)C)cc5)cc4)cc1c32. The second kappa shape index (κ2) is 20.3. The number of hydrogen-bond donors (Lipinski definition) is 0. The standard InChI is InChI=1S/C92H72N2/c1-89(2)75-49-65(57-21-11-9-12-22-57)41-45-83(75)93-84-46-42-66(58-23-13-10-14-24-58)50-76(84)90(3,4)80-54-69(53-79(89)87(80)93)61-37-33-59(34-38-61)60-35-39-62(40-36-60)70-55-81-88-82(56-70)92(7,8)78-52-68(74-32-20-28-64-26-16-18-30-72(64)74)44-48-86(78)94(88)85-47-43-67(51-77(85)91(81,5)6)73-31-19-27-63-25-15-17-29-71(63)73/h9-56H,1-8H3. The fraction of sp³-hybridized carbons (Fsp3) is 0.130. The van der Waals surface area contributed by atoms with Crippen LogP contribution >= 0.6 is 0 Å². The molecule has 94 heavy (non-hydrogen) atoms. The Morgan fingerprint density at radius 1 is 0.191 bits per heavy atom. The summed E-state index contributed by atoms with van der Waals surface area (Å²) in [5, 5.41) is 5.05. The molecule has 0 spiro atoms. The second-order valence-electron chi connectivity index (χ2n) is 28.9. The van der Waals surface area contributed by atoms with Crippen molar-refractivity contribution in [3.8, 4) is 77.9 Å². The van der Waals surface area contributed by atoms with Crippen molar-refractivity contribution in [2.45, 2.75) is 77.0 Å². The van der Waals surface area contributed by atoms with Crippen LogP contribution in [0.4, 0.5) is 34.1 Å². The predicted octanol–water partition coefficient (Wildman–Crippen LogP) is 25.2. The van der Waals surface area contributed by atoms with E-state index in [0.29, 0.717) is 0 Å². The lowest BCUT2D eigenvalue weighted by Gasteiger charge is -2.50. The van der Waals surface area contributed by atoms with Gasteiger partial charge in [-0.15, -0.1) is 0 Å². The minimum absolute atomic E-state index is 0.297. The van der Waals surface area contributed by atoms with Gasteiger partial charge in [0.1, 0.15) is 0 Å². The van der Waals surface area contributed by atoms with E-state index in [9.17, 15) is 0 Å². The maximum Gasteiger partial charge on any atom is 0.0544 e. The van der Waals surface area contributed by atoms with Crippen molar-refractivity contribution in [1.82, 2.24) is 0 Å². The lowest BCUT2D eigenvalue weighted by Crippen LogP contribution is -2.38. The Hall–Kier alpha value is -10.8. The normalized spacial score (nSPS) is 15.3. The highest BCUT2D eigenvalue weighted by atomic mass is 15.2. The molecule has 0 aromatic heterocycles. The molecule has 18 rings (SSSR count). The molecule has 450 valence electrons. The van der Waals surface area contributed by atoms with Crippen LogP contribution in [0.3, 0.4) is 0 Å². The highest BCUT2D eigenvalue weighted by Gasteiger charge is 2.48. The number of anilines is 6. The van der Waals surface area contributed by atoms with E-state index in [1.165, 1.54) is 178 Å². The molecule has 4 heterocycles. The Morgan fingerprint density at radius 3 is 0.777 bits per heavy atom. The van der Waals surface area contributed by atoms with Gasteiger partial charge in [0, 0.05) is 21.7 Å². The van der Waals surface area contributed by atoms with Gasteiger partial charge in [-0.25, -0.2) is 0 Å². The molecule has 0 bridgehead atoms. The van der Waals surface area contributed by atoms with Crippen LogP contribution in [0.5, 0.6) is 0 Å². The number of fused-ring (bicyclic) bond motifs is 10. The Balaban J connectivity index is 0.735. The van der Waals surface area contributed by atoms with Crippen molar-refractivity contribution in [2.24, 2.45) is 0 Å². The first-order chi connectivity index (χ1) is 45.6. The molecule has 14 aromatic carbocycles. The largest absolute Gasteiger partial charge is 0.309 e. The third kappa shape index (κ3) is 8.28. The molecule has 4 aliphatic heterocycles. The summed E-state index contributed by atoms with van der Waals surface area (Å²) in [6.07, 6.45) is 0. The first-order valence-electron chi connectivity index (χ1n) is 33.5. The lowest BCUT2D eigenvalue weighted by molar-refractivity contribution is 0.597. The number of hydrogen-bond acceptors (Lipinski definition) is 2. The van der Waals surface area contributed by atoms with E-state index in [4.69, 9.17) is 0 Å². The van der Waals surface area contributed by atoms with E-state index in [1.807, 2.05) is 0 Å². The van der Waals surface area contributed by atoms with Gasteiger partial charge in [0.25, 0.3) is 0 Å². The number of benzene rings is 14. The van der Waals surface area contributed by atoms with E-state index in [0.717, 1.165) is 0 Å². The fourth-order valence-corrected chi connectivity index (χ4v) is 16.9. The summed E-state index contributed by atoms with van der Waals surface area (Å²) in [4.78, 5) is 5.20. The minimum Gasteiger partial charge on any atom is -0.309 e. The maximum absolute atomic E-state index is 2.61. The molecule has 4 aliphatic rings. The average molecular weight is 1210 g/mol. The minimum atomic E-state index is -0.335. The first-order valence-corrected chi connectivity index (χ1v) is 33.5. The third-order valence-corrected chi connectivity index (χ3v) is 22.2. The smallest absolute Gasteiger partial charge is 0.0544 e. The van der Waals surface area contributed by atoms with Gasteiger partial charge in [-0.1, -0.05) is 274 Å². The molecule has 0 unspecified atom stereocenters. The number of nitrogens with zero attached hydrogens (tertiary/aromatic N) is 2. The van der Waals surface area contributed by atoms with Gasteiger partial charge < -0.3 is 9.80 Å². The monoisotopic (exact) mass is 1200 g/mol. The molecule has 2 heteroatoms. The number of rotatable bonds is 7. The van der Waals surface area contributed by atoms with Crippen molar-refractivity contribution >= 4 is 55.7 Å². The van der Waals surface area contributed by atoms with Crippen molar-refractivity contribution in [2.75, 3.05) is 9.80 Å². The van der Waals surface area contributed by atoms with Crippen LogP contribution < -0.4 is 9.80 Å². The topological polar surface area (TPSA) is 6.48 Å². The zero-order valence-electron chi connectivity index (χ0n) is 54.6. The van der Waals surface area contributed by atoms with Crippen LogP contribution in [-0.2, 0) is 21.7 Å². The van der Waals surface area contributed by atoms with Gasteiger partial charge in [0.2, 0.25) is 0 Å². The summed E-state index contributed by atoms with van der Waals surface area (Å²) in [5.74, 6) is 0. The van der Waals surface area contributed by atoms with Crippen molar-refractivity contribution < 1.29 is 0 Å². The van der Waals surface area contributed by atoms with Crippen LogP contribution in [0.1, 0.15) is 99.9 Å². The summed E-state index contributed by atoms with van der Waals surface area (Å²) < 4.78 is 0. The first kappa shape index (κ1) is 56.0. The molecule has 0 saturated heterocycles. The quantitative estimate of drug-likeness (QED) is 0.157.